The zero-order valence-corrected chi connectivity index (χ0v) is 13.0. The van der Waals surface area contributed by atoms with E-state index in [1.165, 1.54) is 5.56 Å². The van der Waals surface area contributed by atoms with E-state index in [9.17, 15) is 4.79 Å². The number of para-hydroxylation sites is 1. The molecule has 0 radical (unpaired) electrons. The Morgan fingerprint density at radius 2 is 2.05 bits per heavy atom. The van der Waals surface area contributed by atoms with Crippen molar-refractivity contribution in [3.63, 3.8) is 0 Å². The number of amides is 1. The van der Waals surface area contributed by atoms with E-state index in [2.05, 4.69) is 6.07 Å². The van der Waals surface area contributed by atoms with Crippen LogP contribution >= 0.6 is 12.2 Å². The second-order valence-corrected chi connectivity index (χ2v) is 6.47. The monoisotopic (exact) mass is 290 g/mol. The standard InChI is InChI=1S/C16H22N2OS/c1-16(2,15(17)20)10-11-18-13-8-4-3-6-12(13)7-5-9-14(18)19/h3-4,6,8H,5,7,9-11H2,1-2H3,(H2,17,20). The number of carbonyl (C=O) groups is 1. The molecule has 1 amide bonds. The van der Waals surface area contributed by atoms with Crippen LogP contribution in [0.2, 0.25) is 0 Å². The molecule has 20 heavy (non-hydrogen) atoms. The summed E-state index contributed by atoms with van der Waals surface area (Å²) in [5.74, 6) is 0.202. The summed E-state index contributed by atoms with van der Waals surface area (Å²) in [6, 6.07) is 8.17. The quantitative estimate of drug-likeness (QED) is 0.867. The molecule has 1 aliphatic rings. The summed E-state index contributed by atoms with van der Waals surface area (Å²) in [4.78, 5) is 14.7. The Labute approximate surface area is 126 Å². The highest BCUT2D eigenvalue weighted by molar-refractivity contribution is 7.80. The third-order valence-corrected chi connectivity index (χ3v) is 4.60. The third kappa shape index (κ3) is 3.18. The lowest BCUT2D eigenvalue weighted by atomic mass is 9.89. The maximum atomic E-state index is 12.3. The van der Waals surface area contributed by atoms with Gasteiger partial charge in [-0.25, -0.2) is 0 Å². The Kier molecular flexibility index (Phi) is 4.43. The van der Waals surface area contributed by atoms with Gasteiger partial charge in [0.2, 0.25) is 5.91 Å². The van der Waals surface area contributed by atoms with Gasteiger partial charge in [0.1, 0.15) is 0 Å². The lowest BCUT2D eigenvalue weighted by molar-refractivity contribution is -0.118. The van der Waals surface area contributed by atoms with Crippen molar-refractivity contribution in [2.45, 2.75) is 39.5 Å². The smallest absolute Gasteiger partial charge is 0.226 e. The number of anilines is 1. The van der Waals surface area contributed by atoms with E-state index in [1.54, 1.807) is 0 Å². The van der Waals surface area contributed by atoms with Crippen molar-refractivity contribution < 1.29 is 4.79 Å². The Balaban J connectivity index is 2.21. The van der Waals surface area contributed by atoms with Crippen LogP contribution < -0.4 is 10.6 Å². The number of rotatable bonds is 4. The minimum atomic E-state index is -0.225. The van der Waals surface area contributed by atoms with Crippen molar-refractivity contribution in [3.8, 4) is 0 Å². The van der Waals surface area contributed by atoms with Crippen molar-refractivity contribution in [3.05, 3.63) is 29.8 Å². The minimum Gasteiger partial charge on any atom is -0.393 e. The number of benzene rings is 1. The Morgan fingerprint density at radius 1 is 1.35 bits per heavy atom. The lowest BCUT2D eigenvalue weighted by Gasteiger charge is -2.29. The first-order valence-corrected chi connectivity index (χ1v) is 7.51. The molecule has 1 heterocycles. The van der Waals surface area contributed by atoms with E-state index in [4.69, 9.17) is 18.0 Å². The molecule has 2 rings (SSSR count). The summed E-state index contributed by atoms with van der Waals surface area (Å²) < 4.78 is 0. The molecule has 0 saturated carbocycles. The number of hydrogen-bond donors (Lipinski definition) is 1. The molecule has 0 aromatic heterocycles. The largest absolute Gasteiger partial charge is 0.393 e. The van der Waals surface area contributed by atoms with Crippen molar-refractivity contribution in [2.75, 3.05) is 11.4 Å². The van der Waals surface area contributed by atoms with Crippen molar-refractivity contribution in [1.29, 1.82) is 0 Å². The molecule has 2 N–H and O–H groups in total. The van der Waals surface area contributed by atoms with Gasteiger partial charge in [0.25, 0.3) is 0 Å². The van der Waals surface area contributed by atoms with Crippen LogP contribution in [0.25, 0.3) is 0 Å². The predicted molar refractivity (Wildman–Crippen MR) is 86.9 cm³/mol. The van der Waals surface area contributed by atoms with Gasteiger partial charge >= 0.3 is 0 Å². The number of aryl methyl sites for hydroxylation is 1. The van der Waals surface area contributed by atoms with Crippen molar-refractivity contribution >= 4 is 28.8 Å². The van der Waals surface area contributed by atoms with Gasteiger partial charge in [0, 0.05) is 24.1 Å². The zero-order valence-electron chi connectivity index (χ0n) is 12.2. The summed E-state index contributed by atoms with van der Waals surface area (Å²) in [5.41, 5.74) is 7.85. The molecular formula is C16H22N2OS. The summed E-state index contributed by atoms with van der Waals surface area (Å²) >= 11 is 5.11. The average molecular weight is 290 g/mol. The van der Waals surface area contributed by atoms with E-state index < -0.39 is 0 Å². The van der Waals surface area contributed by atoms with Crippen molar-refractivity contribution in [1.82, 2.24) is 0 Å². The third-order valence-electron chi connectivity index (χ3n) is 4.05. The van der Waals surface area contributed by atoms with Gasteiger partial charge in [0.15, 0.2) is 0 Å². The Hall–Kier alpha value is -1.42. The molecule has 0 atom stereocenters. The molecule has 0 spiro atoms. The van der Waals surface area contributed by atoms with E-state index in [1.807, 2.05) is 36.9 Å². The molecule has 0 aliphatic carbocycles. The average Bonchev–Trinajstić information content (AvgIpc) is 2.55. The molecule has 0 fully saturated rings. The molecule has 1 aromatic carbocycles. The van der Waals surface area contributed by atoms with E-state index in [-0.39, 0.29) is 11.3 Å². The minimum absolute atomic E-state index is 0.202. The van der Waals surface area contributed by atoms with Crippen LogP contribution in [0.15, 0.2) is 24.3 Å². The molecule has 0 bridgehead atoms. The van der Waals surface area contributed by atoms with Gasteiger partial charge in [-0.05, 0) is 30.9 Å². The molecule has 108 valence electrons. The summed E-state index contributed by atoms with van der Waals surface area (Å²) in [7, 11) is 0. The fourth-order valence-corrected chi connectivity index (χ4v) is 2.55. The van der Waals surface area contributed by atoms with E-state index in [0.29, 0.717) is 18.0 Å². The van der Waals surface area contributed by atoms with Crippen LogP contribution in [0, 0.1) is 5.41 Å². The van der Waals surface area contributed by atoms with Gasteiger partial charge in [-0.2, -0.15) is 0 Å². The predicted octanol–water partition coefficient (Wildman–Crippen LogP) is 3.06. The van der Waals surface area contributed by atoms with Gasteiger partial charge in [0.05, 0.1) is 4.99 Å². The molecule has 4 heteroatoms. The van der Waals surface area contributed by atoms with Crippen LogP contribution in [-0.4, -0.2) is 17.4 Å². The van der Waals surface area contributed by atoms with Gasteiger partial charge in [-0.15, -0.1) is 0 Å². The Bertz CT molecular complexity index is 525. The number of carbonyl (C=O) groups excluding carboxylic acids is 1. The van der Waals surface area contributed by atoms with Gasteiger partial charge in [-0.3, -0.25) is 4.79 Å². The molecule has 1 aliphatic heterocycles. The topological polar surface area (TPSA) is 46.3 Å². The molecular weight excluding hydrogens is 268 g/mol. The number of hydrogen-bond acceptors (Lipinski definition) is 2. The van der Waals surface area contributed by atoms with E-state index >= 15 is 0 Å². The molecule has 1 aromatic rings. The Morgan fingerprint density at radius 3 is 2.75 bits per heavy atom. The number of nitrogens with two attached hydrogens (primary N) is 1. The fourth-order valence-electron chi connectivity index (χ4n) is 2.44. The maximum Gasteiger partial charge on any atom is 0.226 e. The van der Waals surface area contributed by atoms with Crippen LogP contribution in [-0.2, 0) is 11.2 Å². The highest BCUT2D eigenvalue weighted by atomic mass is 32.1. The van der Waals surface area contributed by atoms with E-state index in [0.717, 1.165) is 24.9 Å². The normalized spacial score (nSPS) is 15.7. The van der Waals surface area contributed by atoms with Gasteiger partial charge in [-0.1, -0.05) is 44.3 Å². The number of thiocarbonyl (C=S) groups is 1. The molecule has 0 unspecified atom stereocenters. The second kappa shape index (κ2) is 5.92. The highest BCUT2D eigenvalue weighted by Gasteiger charge is 2.26. The van der Waals surface area contributed by atoms with Crippen LogP contribution in [0.3, 0.4) is 0 Å². The summed E-state index contributed by atoms with van der Waals surface area (Å²) in [6.45, 7) is 4.73. The zero-order chi connectivity index (χ0) is 14.8. The first-order chi connectivity index (χ1) is 9.42. The highest BCUT2D eigenvalue weighted by Crippen LogP contribution is 2.29. The van der Waals surface area contributed by atoms with Crippen LogP contribution in [0.5, 0.6) is 0 Å². The van der Waals surface area contributed by atoms with Crippen LogP contribution in [0.1, 0.15) is 38.7 Å². The van der Waals surface area contributed by atoms with Crippen LogP contribution in [0.4, 0.5) is 5.69 Å². The first-order valence-electron chi connectivity index (χ1n) is 7.10. The molecule has 3 nitrogen and oxygen atoms in total. The maximum absolute atomic E-state index is 12.3. The fraction of sp³-hybridized carbons (Fsp3) is 0.500. The molecule has 0 saturated heterocycles. The first kappa shape index (κ1) is 15.0. The number of nitrogens with zero attached hydrogens (tertiary/aromatic N) is 1. The summed E-state index contributed by atoms with van der Waals surface area (Å²) in [6.07, 6.45) is 3.28. The van der Waals surface area contributed by atoms with Gasteiger partial charge < -0.3 is 10.6 Å². The second-order valence-electron chi connectivity index (χ2n) is 6.03. The van der Waals surface area contributed by atoms with Crippen molar-refractivity contribution in [2.24, 2.45) is 11.1 Å². The number of fused-ring (bicyclic) bond motifs is 1. The lowest BCUT2D eigenvalue weighted by Crippen LogP contribution is -2.37. The SMILES string of the molecule is CC(C)(CCN1C(=O)CCCc2ccccc21)C(N)=S. The summed E-state index contributed by atoms with van der Waals surface area (Å²) in [5, 5.41) is 0.